The molecule has 2 heterocycles. The highest BCUT2D eigenvalue weighted by molar-refractivity contribution is 7.93. The molecule has 0 aromatic heterocycles. The van der Waals surface area contributed by atoms with E-state index in [1.54, 1.807) is 18.2 Å². The van der Waals surface area contributed by atoms with E-state index >= 15 is 0 Å². The number of hydrogen-bond acceptors (Lipinski definition) is 4. The van der Waals surface area contributed by atoms with Crippen molar-refractivity contribution in [3.05, 3.63) is 36.4 Å². The summed E-state index contributed by atoms with van der Waals surface area (Å²) in [5, 5.41) is 7.78. The van der Waals surface area contributed by atoms with E-state index in [0.29, 0.717) is 23.5 Å². The van der Waals surface area contributed by atoms with Gasteiger partial charge in [0, 0.05) is 11.9 Å². The third-order valence-corrected chi connectivity index (χ3v) is 6.76. The summed E-state index contributed by atoms with van der Waals surface area (Å²) in [4.78, 5) is 12.6. The molecule has 0 saturated carbocycles. The van der Waals surface area contributed by atoms with E-state index in [9.17, 15) is 13.2 Å². The van der Waals surface area contributed by atoms with Crippen LogP contribution in [0.5, 0.6) is 0 Å². The van der Waals surface area contributed by atoms with Gasteiger partial charge in [-0.15, -0.1) is 0 Å². The van der Waals surface area contributed by atoms with Crippen LogP contribution in [0.25, 0.3) is 10.8 Å². The fourth-order valence-corrected chi connectivity index (χ4v) is 5.34. The molecule has 7 heteroatoms. The number of hydrogen-bond donors (Lipinski definition) is 2. The first-order valence-electron chi connectivity index (χ1n) is 8.59. The predicted octanol–water partition coefficient (Wildman–Crippen LogP) is 1.46. The first-order chi connectivity index (χ1) is 12.1. The molecule has 132 valence electrons. The van der Waals surface area contributed by atoms with Crippen molar-refractivity contribution < 1.29 is 13.2 Å². The number of piperidine rings is 1. The van der Waals surface area contributed by atoms with E-state index in [4.69, 9.17) is 0 Å². The molecule has 0 aliphatic carbocycles. The monoisotopic (exact) mass is 359 g/mol. The highest BCUT2D eigenvalue weighted by atomic mass is 32.2. The van der Waals surface area contributed by atoms with Crippen LogP contribution in [0.1, 0.15) is 12.8 Å². The summed E-state index contributed by atoms with van der Waals surface area (Å²) in [7, 11) is -3.68. The summed E-state index contributed by atoms with van der Waals surface area (Å²) in [5.74, 6) is 0.146. The smallest absolute Gasteiger partial charge is 0.265 e. The molecule has 2 aromatic rings. The van der Waals surface area contributed by atoms with Crippen LogP contribution in [0, 0.1) is 5.92 Å². The van der Waals surface area contributed by atoms with Crippen LogP contribution >= 0.6 is 0 Å². The highest BCUT2D eigenvalue weighted by Gasteiger charge is 2.36. The second kappa shape index (κ2) is 6.31. The normalized spacial score (nSPS) is 21.4. The largest absolute Gasteiger partial charge is 0.354 e. The van der Waals surface area contributed by atoms with E-state index in [-0.39, 0.29) is 17.3 Å². The van der Waals surface area contributed by atoms with Crippen LogP contribution in [0.4, 0.5) is 5.69 Å². The van der Waals surface area contributed by atoms with Crippen molar-refractivity contribution in [1.29, 1.82) is 0 Å². The number of nitrogens with zero attached hydrogens (tertiary/aromatic N) is 1. The predicted molar refractivity (Wildman–Crippen MR) is 97.1 cm³/mol. The van der Waals surface area contributed by atoms with Crippen LogP contribution in [0.3, 0.4) is 0 Å². The second-order valence-electron chi connectivity index (χ2n) is 6.66. The molecule has 0 radical (unpaired) electrons. The molecule has 0 spiro atoms. The Kier molecular flexibility index (Phi) is 4.13. The Morgan fingerprint density at radius 2 is 2.04 bits per heavy atom. The maximum Gasteiger partial charge on any atom is 0.265 e. The molecule has 6 nitrogen and oxygen atoms in total. The molecule has 1 saturated heterocycles. The number of carbonyl (C=O) groups excluding carboxylic acids is 1. The van der Waals surface area contributed by atoms with Crippen LogP contribution in [0.15, 0.2) is 41.3 Å². The molecular formula is C18H21N3O3S. The number of benzene rings is 2. The molecule has 2 aromatic carbocycles. The zero-order chi connectivity index (χ0) is 17.4. The van der Waals surface area contributed by atoms with Crippen molar-refractivity contribution in [2.45, 2.75) is 17.7 Å². The minimum Gasteiger partial charge on any atom is -0.354 e. The molecule has 1 fully saturated rings. The van der Waals surface area contributed by atoms with Crippen molar-refractivity contribution in [2.75, 3.05) is 30.5 Å². The highest BCUT2D eigenvalue weighted by Crippen LogP contribution is 2.41. The Morgan fingerprint density at radius 1 is 1.24 bits per heavy atom. The minimum atomic E-state index is -3.68. The van der Waals surface area contributed by atoms with Gasteiger partial charge in [0.05, 0.1) is 10.6 Å². The van der Waals surface area contributed by atoms with Crippen molar-refractivity contribution in [1.82, 2.24) is 10.6 Å². The molecule has 4 rings (SSSR count). The molecule has 1 atom stereocenters. The fraction of sp³-hybridized carbons (Fsp3) is 0.389. The summed E-state index contributed by atoms with van der Waals surface area (Å²) in [6, 6.07) is 10.7. The maximum atomic E-state index is 12.8. The summed E-state index contributed by atoms with van der Waals surface area (Å²) < 4.78 is 26.9. The lowest BCUT2D eigenvalue weighted by Gasteiger charge is -2.24. The zero-order valence-electron chi connectivity index (χ0n) is 13.9. The van der Waals surface area contributed by atoms with E-state index in [0.717, 1.165) is 31.3 Å². The first kappa shape index (κ1) is 16.4. The van der Waals surface area contributed by atoms with Crippen LogP contribution in [-0.2, 0) is 14.8 Å². The summed E-state index contributed by atoms with van der Waals surface area (Å²) >= 11 is 0. The zero-order valence-corrected chi connectivity index (χ0v) is 14.7. The van der Waals surface area contributed by atoms with Crippen molar-refractivity contribution in [3.8, 4) is 0 Å². The van der Waals surface area contributed by atoms with Crippen molar-refractivity contribution in [3.63, 3.8) is 0 Å². The first-order valence-corrected chi connectivity index (χ1v) is 10.0. The van der Waals surface area contributed by atoms with Gasteiger partial charge in [0.1, 0.15) is 6.54 Å². The molecule has 1 unspecified atom stereocenters. The lowest BCUT2D eigenvalue weighted by molar-refractivity contribution is -0.119. The maximum absolute atomic E-state index is 12.8. The lowest BCUT2D eigenvalue weighted by Crippen LogP contribution is -2.43. The number of rotatable bonds is 4. The molecule has 2 N–H and O–H groups in total. The van der Waals surface area contributed by atoms with Gasteiger partial charge in [-0.1, -0.05) is 24.3 Å². The Labute approximate surface area is 147 Å². The Hall–Kier alpha value is -2.12. The van der Waals surface area contributed by atoms with Gasteiger partial charge in [-0.05, 0) is 49.4 Å². The number of carbonyl (C=O) groups is 1. The van der Waals surface area contributed by atoms with Gasteiger partial charge in [-0.25, -0.2) is 8.42 Å². The number of nitrogens with one attached hydrogen (secondary N) is 2. The van der Waals surface area contributed by atoms with Crippen LogP contribution in [0.2, 0.25) is 0 Å². The Bertz CT molecular complexity index is 915. The van der Waals surface area contributed by atoms with E-state index < -0.39 is 10.0 Å². The van der Waals surface area contributed by atoms with Gasteiger partial charge in [0.2, 0.25) is 5.91 Å². The molecular weight excluding hydrogens is 338 g/mol. The van der Waals surface area contributed by atoms with Crippen LogP contribution in [-0.4, -0.2) is 40.5 Å². The number of anilines is 1. The summed E-state index contributed by atoms with van der Waals surface area (Å²) in [6.07, 6.45) is 2.19. The third-order valence-electron chi connectivity index (χ3n) is 4.96. The molecule has 1 amide bonds. The van der Waals surface area contributed by atoms with E-state index in [1.807, 2.05) is 18.2 Å². The standard InChI is InChI=1S/C18H21N3O3S/c22-17(20-11-13-4-3-9-19-10-13)12-21-15-7-1-5-14-6-2-8-16(18(14)15)25(21,23)24/h1-2,5-8,13,19H,3-4,9-12H2,(H,20,22). The summed E-state index contributed by atoms with van der Waals surface area (Å²) in [5.41, 5.74) is 0.586. The van der Waals surface area contributed by atoms with E-state index in [2.05, 4.69) is 10.6 Å². The van der Waals surface area contributed by atoms with Gasteiger partial charge < -0.3 is 10.6 Å². The van der Waals surface area contributed by atoms with Crippen molar-refractivity contribution >= 4 is 32.4 Å². The Morgan fingerprint density at radius 3 is 2.80 bits per heavy atom. The quantitative estimate of drug-likeness (QED) is 0.866. The average Bonchev–Trinajstić information content (AvgIpc) is 2.84. The van der Waals surface area contributed by atoms with Gasteiger partial charge in [-0.2, -0.15) is 0 Å². The molecule has 2 aliphatic rings. The molecule has 2 aliphatic heterocycles. The van der Waals surface area contributed by atoms with Crippen molar-refractivity contribution in [2.24, 2.45) is 5.92 Å². The molecule has 0 bridgehead atoms. The SMILES string of the molecule is O=C(CN1c2cccc3cccc(c23)S1(=O)=O)NCC1CCCNC1. The Balaban J connectivity index is 1.53. The lowest BCUT2D eigenvalue weighted by atomic mass is 10.00. The fourth-order valence-electron chi connectivity index (χ4n) is 3.67. The van der Waals surface area contributed by atoms with E-state index in [1.165, 1.54) is 4.31 Å². The van der Waals surface area contributed by atoms with Crippen LogP contribution < -0.4 is 14.9 Å². The number of sulfonamides is 1. The van der Waals surface area contributed by atoms with Gasteiger partial charge in [-0.3, -0.25) is 9.10 Å². The topological polar surface area (TPSA) is 78.5 Å². The van der Waals surface area contributed by atoms with Gasteiger partial charge in [0.25, 0.3) is 10.0 Å². The van der Waals surface area contributed by atoms with Gasteiger partial charge in [0.15, 0.2) is 0 Å². The summed E-state index contributed by atoms with van der Waals surface area (Å²) in [6.45, 7) is 2.32. The second-order valence-corrected chi connectivity index (χ2v) is 8.49. The third kappa shape index (κ3) is 2.87. The number of amides is 1. The van der Waals surface area contributed by atoms with Gasteiger partial charge >= 0.3 is 0 Å². The average molecular weight is 359 g/mol. The minimum absolute atomic E-state index is 0.184. The molecule has 25 heavy (non-hydrogen) atoms.